The van der Waals surface area contributed by atoms with Gasteiger partial charge in [-0.2, -0.15) is 0 Å². The molecule has 0 aliphatic carbocycles. The highest BCUT2D eigenvalue weighted by molar-refractivity contribution is 9.10. The van der Waals surface area contributed by atoms with Gasteiger partial charge in [0, 0.05) is 10.0 Å². The summed E-state index contributed by atoms with van der Waals surface area (Å²) in [5.74, 6) is -0.297. The molecule has 5 nitrogen and oxygen atoms in total. The lowest BCUT2D eigenvalue weighted by molar-refractivity contribution is 0.0953. The number of nitrogens with one attached hydrogen (secondary N) is 1. The maximum absolute atomic E-state index is 12.2. The van der Waals surface area contributed by atoms with Crippen LogP contribution in [0.25, 0.3) is 0 Å². The first-order valence-corrected chi connectivity index (χ1v) is 8.86. The number of carbonyl (C=O) groups excluding carboxylic acids is 1. The van der Waals surface area contributed by atoms with Crippen molar-refractivity contribution in [3.8, 4) is 0 Å². The first-order chi connectivity index (χ1) is 9.41. The highest BCUT2D eigenvalue weighted by atomic mass is 79.9. The molecule has 0 atom stereocenters. The molecule has 1 amide bonds. The van der Waals surface area contributed by atoms with Crippen LogP contribution in [-0.2, 0) is 13.6 Å². The Balaban J connectivity index is 2.72. The standard InChI is InChI=1S/C13H19BrNO4P/c1-4-18-20(17,19-5-2)9-15-13(16)12-7-6-11(14)8-10(12)3/h6-8H,4-5,9H2,1-3H3,(H,15,16). The molecule has 1 N–H and O–H groups in total. The summed E-state index contributed by atoms with van der Waals surface area (Å²) in [6.07, 6.45) is -0.136. The van der Waals surface area contributed by atoms with E-state index in [0.717, 1.165) is 10.0 Å². The van der Waals surface area contributed by atoms with Crippen LogP contribution in [0.4, 0.5) is 0 Å². The monoisotopic (exact) mass is 363 g/mol. The zero-order valence-corrected chi connectivity index (χ0v) is 14.3. The zero-order valence-electron chi connectivity index (χ0n) is 11.8. The normalized spacial score (nSPS) is 11.4. The quantitative estimate of drug-likeness (QED) is 0.750. The van der Waals surface area contributed by atoms with Crippen LogP contribution >= 0.6 is 23.5 Å². The van der Waals surface area contributed by atoms with Crippen LogP contribution in [0.15, 0.2) is 22.7 Å². The van der Waals surface area contributed by atoms with Gasteiger partial charge < -0.3 is 14.4 Å². The van der Waals surface area contributed by atoms with E-state index >= 15 is 0 Å². The van der Waals surface area contributed by atoms with E-state index in [4.69, 9.17) is 9.05 Å². The average molecular weight is 364 g/mol. The molecule has 0 aromatic heterocycles. The van der Waals surface area contributed by atoms with E-state index in [-0.39, 0.29) is 25.4 Å². The number of carbonyl (C=O) groups is 1. The molecule has 0 aliphatic rings. The first-order valence-electron chi connectivity index (χ1n) is 6.34. The predicted octanol–water partition coefficient (Wildman–Crippen LogP) is 3.71. The molecule has 0 fully saturated rings. The van der Waals surface area contributed by atoms with Crippen molar-refractivity contribution in [2.75, 3.05) is 19.5 Å². The third kappa shape index (κ3) is 5.02. The van der Waals surface area contributed by atoms with Gasteiger partial charge in [-0.25, -0.2) is 0 Å². The smallest absolute Gasteiger partial charge is 0.340 e. The molecule has 0 spiro atoms. The molecular weight excluding hydrogens is 345 g/mol. The summed E-state index contributed by atoms with van der Waals surface area (Å²) in [5, 5.41) is 2.60. The van der Waals surface area contributed by atoms with Crippen molar-refractivity contribution in [1.29, 1.82) is 0 Å². The lowest BCUT2D eigenvalue weighted by Gasteiger charge is -2.17. The van der Waals surface area contributed by atoms with Gasteiger partial charge >= 0.3 is 7.60 Å². The second kappa shape index (κ2) is 7.93. The molecule has 0 saturated carbocycles. The summed E-state index contributed by atoms with van der Waals surface area (Å²) in [4.78, 5) is 12.1. The summed E-state index contributed by atoms with van der Waals surface area (Å²) in [7, 11) is -3.26. The van der Waals surface area contributed by atoms with E-state index in [2.05, 4.69) is 21.2 Å². The van der Waals surface area contributed by atoms with E-state index in [0.29, 0.717) is 5.56 Å². The largest absolute Gasteiger partial charge is 0.349 e. The van der Waals surface area contributed by atoms with Gasteiger partial charge in [-0.1, -0.05) is 15.9 Å². The summed E-state index contributed by atoms with van der Waals surface area (Å²) >= 11 is 3.34. The predicted molar refractivity (Wildman–Crippen MR) is 82.1 cm³/mol. The van der Waals surface area contributed by atoms with Crippen molar-refractivity contribution in [2.45, 2.75) is 20.8 Å². The molecule has 20 heavy (non-hydrogen) atoms. The van der Waals surface area contributed by atoms with Gasteiger partial charge in [-0.05, 0) is 44.5 Å². The van der Waals surface area contributed by atoms with Gasteiger partial charge in [0.2, 0.25) is 0 Å². The molecule has 0 unspecified atom stereocenters. The van der Waals surface area contributed by atoms with E-state index in [1.54, 1.807) is 26.0 Å². The van der Waals surface area contributed by atoms with Crippen molar-refractivity contribution >= 4 is 29.4 Å². The summed E-state index contributed by atoms with van der Waals surface area (Å²) in [6.45, 7) is 5.83. The number of halogens is 1. The Morgan fingerprint density at radius 1 is 1.30 bits per heavy atom. The highest BCUT2D eigenvalue weighted by Crippen LogP contribution is 2.46. The van der Waals surface area contributed by atoms with Crippen molar-refractivity contribution in [2.24, 2.45) is 0 Å². The number of hydrogen-bond donors (Lipinski definition) is 1. The Morgan fingerprint density at radius 2 is 1.90 bits per heavy atom. The van der Waals surface area contributed by atoms with Gasteiger partial charge in [-0.3, -0.25) is 9.36 Å². The molecule has 0 bridgehead atoms. The van der Waals surface area contributed by atoms with Crippen LogP contribution in [0.1, 0.15) is 29.8 Å². The molecule has 1 rings (SSSR count). The van der Waals surface area contributed by atoms with Crippen LogP contribution in [0.2, 0.25) is 0 Å². The molecule has 1 aromatic rings. The Kier molecular flexibility index (Phi) is 6.89. The van der Waals surface area contributed by atoms with E-state index in [1.807, 2.05) is 13.0 Å². The molecule has 1 aromatic carbocycles. The topological polar surface area (TPSA) is 64.6 Å². The van der Waals surface area contributed by atoms with Crippen LogP contribution in [0, 0.1) is 6.92 Å². The fraction of sp³-hybridized carbons (Fsp3) is 0.462. The minimum absolute atomic E-state index is 0.136. The molecule has 112 valence electrons. The van der Waals surface area contributed by atoms with Gasteiger partial charge in [0.05, 0.1) is 13.2 Å². The second-order valence-corrected chi connectivity index (χ2v) is 7.04. The molecule has 0 heterocycles. The van der Waals surface area contributed by atoms with Gasteiger partial charge in [-0.15, -0.1) is 0 Å². The lowest BCUT2D eigenvalue weighted by Crippen LogP contribution is -2.26. The maximum atomic E-state index is 12.2. The number of hydrogen-bond acceptors (Lipinski definition) is 4. The van der Waals surface area contributed by atoms with Gasteiger partial charge in [0.25, 0.3) is 5.91 Å². The zero-order chi connectivity index (χ0) is 15.2. The Bertz CT molecular complexity index is 511. The van der Waals surface area contributed by atoms with E-state index in [1.165, 1.54) is 0 Å². The van der Waals surface area contributed by atoms with Gasteiger partial charge in [0.15, 0.2) is 0 Å². The van der Waals surface area contributed by atoms with Crippen LogP contribution < -0.4 is 5.32 Å². The van der Waals surface area contributed by atoms with E-state index in [9.17, 15) is 9.36 Å². The summed E-state index contributed by atoms with van der Waals surface area (Å²) in [6, 6.07) is 5.34. The number of aryl methyl sites for hydroxylation is 1. The van der Waals surface area contributed by atoms with Crippen molar-refractivity contribution in [1.82, 2.24) is 5.32 Å². The van der Waals surface area contributed by atoms with Crippen LogP contribution in [-0.4, -0.2) is 25.4 Å². The Morgan fingerprint density at radius 3 is 2.40 bits per heavy atom. The molecular formula is C13H19BrNO4P. The average Bonchev–Trinajstić information content (AvgIpc) is 2.37. The van der Waals surface area contributed by atoms with Crippen molar-refractivity contribution in [3.05, 3.63) is 33.8 Å². The minimum Gasteiger partial charge on any atom is -0.340 e. The number of amides is 1. The van der Waals surface area contributed by atoms with E-state index < -0.39 is 7.60 Å². The fourth-order valence-electron chi connectivity index (χ4n) is 1.67. The third-order valence-corrected chi connectivity index (χ3v) is 4.86. The Labute approximate surface area is 127 Å². The summed E-state index contributed by atoms with van der Waals surface area (Å²) < 4.78 is 23.4. The van der Waals surface area contributed by atoms with Gasteiger partial charge in [0.1, 0.15) is 6.29 Å². The fourth-order valence-corrected chi connectivity index (χ4v) is 3.52. The molecule has 7 heteroatoms. The SMILES string of the molecule is CCOP(=O)(CNC(=O)c1ccc(Br)cc1C)OCC. The van der Waals surface area contributed by atoms with Crippen molar-refractivity contribution in [3.63, 3.8) is 0 Å². The molecule has 0 saturated heterocycles. The number of benzene rings is 1. The minimum atomic E-state index is -3.26. The highest BCUT2D eigenvalue weighted by Gasteiger charge is 2.24. The third-order valence-electron chi connectivity index (χ3n) is 2.52. The Hall–Kier alpha value is -0.680. The number of rotatable bonds is 7. The first kappa shape index (κ1) is 17.4. The van der Waals surface area contributed by atoms with Crippen molar-refractivity contribution < 1.29 is 18.4 Å². The maximum Gasteiger partial charge on any atom is 0.349 e. The lowest BCUT2D eigenvalue weighted by atomic mass is 10.1. The van der Waals surface area contributed by atoms with Crippen LogP contribution in [0.3, 0.4) is 0 Å². The molecule has 0 radical (unpaired) electrons. The molecule has 0 aliphatic heterocycles. The second-order valence-electron chi connectivity index (χ2n) is 4.07. The van der Waals surface area contributed by atoms with Crippen LogP contribution in [0.5, 0.6) is 0 Å². The summed E-state index contributed by atoms with van der Waals surface area (Å²) in [5.41, 5.74) is 1.37.